The summed E-state index contributed by atoms with van der Waals surface area (Å²) in [6.07, 6.45) is 7.68. The number of pyridine rings is 2. The molecule has 5 aromatic heterocycles. The highest BCUT2D eigenvalue weighted by Gasteiger charge is 2.34. The van der Waals surface area contributed by atoms with E-state index in [4.69, 9.17) is 4.74 Å². The Kier molecular flexibility index (Phi) is 8.04. The van der Waals surface area contributed by atoms with Crippen LogP contribution in [-0.4, -0.2) is 88.9 Å². The number of piperazine rings is 1. The van der Waals surface area contributed by atoms with Crippen molar-refractivity contribution in [1.82, 2.24) is 38.8 Å². The number of hydrogen-bond donors (Lipinski definition) is 2. The zero-order valence-corrected chi connectivity index (χ0v) is 28.8. The Bertz CT molecular complexity index is 2200. The van der Waals surface area contributed by atoms with Crippen molar-refractivity contribution >= 4 is 22.8 Å². The lowest BCUT2D eigenvalue weighted by molar-refractivity contribution is -0.0699. The van der Waals surface area contributed by atoms with Crippen LogP contribution in [0.4, 0.5) is 17.3 Å². The fourth-order valence-electron chi connectivity index (χ4n) is 7.73. The van der Waals surface area contributed by atoms with Crippen molar-refractivity contribution in [2.45, 2.75) is 58.7 Å². The number of hydrogen-bond acceptors (Lipinski definition) is 11. The summed E-state index contributed by atoms with van der Waals surface area (Å²) in [7, 11) is 1.67. The fourth-order valence-corrected chi connectivity index (χ4v) is 7.73. The van der Waals surface area contributed by atoms with Gasteiger partial charge in [0, 0.05) is 61.9 Å². The maximum absolute atomic E-state index is 13.8. The topological polar surface area (TPSA) is 148 Å². The number of aryl methyl sites for hydroxylation is 1. The summed E-state index contributed by atoms with van der Waals surface area (Å²) in [5, 5.41) is 27.3. The number of aliphatic hydroxyl groups is 1. The molecule has 0 bridgehead atoms. The van der Waals surface area contributed by atoms with Gasteiger partial charge in [-0.15, -0.1) is 10.2 Å². The third-order valence-corrected chi connectivity index (χ3v) is 10.5. The Labute approximate surface area is 289 Å². The maximum atomic E-state index is 13.8. The van der Waals surface area contributed by atoms with Gasteiger partial charge in [0.2, 0.25) is 0 Å². The summed E-state index contributed by atoms with van der Waals surface area (Å²) < 4.78 is 10.00. The van der Waals surface area contributed by atoms with Crippen LogP contribution >= 0.6 is 0 Å². The summed E-state index contributed by atoms with van der Waals surface area (Å²) in [5.41, 5.74) is 4.32. The van der Waals surface area contributed by atoms with E-state index in [-0.39, 0.29) is 22.4 Å². The van der Waals surface area contributed by atoms with E-state index in [1.807, 2.05) is 22.6 Å². The van der Waals surface area contributed by atoms with Crippen LogP contribution < -0.4 is 21.3 Å². The number of ether oxygens (including phenoxy) is 1. The second kappa shape index (κ2) is 12.4. The molecule has 2 fully saturated rings. The lowest BCUT2D eigenvalue weighted by atomic mass is 9.90. The molecule has 50 heavy (non-hydrogen) atoms. The predicted molar refractivity (Wildman–Crippen MR) is 189 cm³/mol. The van der Waals surface area contributed by atoms with Gasteiger partial charge in [-0.2, -0.15) is 9.78 Å². The second-order valence-corrected chi connectivity index (χ2v) is 14.5. The Hall–Kier alpha value is -4.92. The summed E-state index contributed by atoms with van der Waals surface area (Å²) in [6, 6.07) is 10.0. The molecule has 1 atom stereocenters. The molecule has 0 unspecified atom stereocenters. The highest BCUT2D eigenvalue weighted by atomic mass is 16.5. The largest absolute Gasteiger partial charge is 0.392 e. The third-order valence-electron chi connectivity index (χ3n) is 10.5. The van der Waals surface area contributed by atoms with E-state index in [1.54, 1.807) is 37.9 Å². The number of nitrogens with zero attached hydrogens (tertiary/aromatic N) is 9. The highest BCUT2D eigenvalue weighted by Crippen LogP contribution is 2.37. The van der Waals surface area contributed by atoms with E-state index >= 15 is 0 Å². The predicted octanol–water partition coefficient (Wildman–Crippen LogP) is 2.70. The molecule has 0 amide bonds. The summed E-state index contributed by atoms with van der Waals surface area (Å²) in [5.74, 6) is 1.47. The van der Waals surface area contributed by atoms with Crippen LogP contribution in [0.15, 0.2) is 58.6 Å². The molecule has 2 N–H and O–H groups in total. The van der Waals surface area contributed by atoms with Gasteiger partial charge in [-0.05, 0) is 66.1 Å². The van der Waals surface area contributed by atoms with Gasteiger partial charge >= 0.3 is 0 Å². The van der Waals surface area contributed by atoms with Crippen molar-refractivity contribution < 1.29 is 9.84 Å². The standard InChI is InChI=1S/C36H42N10O4/c1-5-24-17-43(25-19-50-20-25)10-11-44(24)32-7-6-31(40-41-32)39-28-12-23(16-42(4)34(28)48)26-8-9-37-33(27(26)18-47)46-35(49)29-13-22-14-36(2,3)15-30(22)45(29)21-38-46/h6-9,12-13,16,21,24-25,47H,5,10-11,14-15,17-20H2,1-4H3,(H,39,40)/t24-/m0/s1. The van der Waals surface area contributed by atoms with Crippen LogP contribution in [0.5, 0.6) is 0 Å². The first-order valence-electron chi connectivity index (χ1n) is 17.2. The van der Waals surface area contributed by atoms with Crippen molar-refractivity contribution in [2.75, 3.05) is 43.1 Å². The average Bonchev–Trinajstić information content (AvgIpc) is 3.58. The van der Waals surface area contributed by atoms with Crippen molar-refractivity contribution in [3.63, 3.8) is 0 Å². The fraction of sp³-hybridized carbons (Fsp3) is 0.444. The van der Waals surface area contributed by atoms with E-state index < -0.39 is 6.61 Å². The van der Waals surface area contributed by atoms with Gasteiger partial charge in [0.1, 0.15) is 17.5 Å². The van der Waals surface area contributed by atoms with Crippen LogP contribution in [0, 0.1) is 5.41 Å². The van der Waals surface area contributed by atoms with Gasteiger partial charge in [-0.25, -0.2) is 4.98 Å². The molecule has 7 heterocycles. The minimum absolute atomic E-state index is 0.139. The Morgan fingerprint density at radius 2 is 1.90 bits per heavy atom. The number of aromatic nitrogens is 7. The highest BCUT2D eigenvalue weighted by molar-refractivity contribution is 5.73. The normalized spacial score (nSPS) is 19.1. The molecular weight excluding hydrogens is 636 g/mol. The molecule has 260 valence electrons. The molecule has 5 aromatic rings. The molecule has 1 aliphatic carbocycles. The molecule has 0 aromatic carbocycles. The second-order valence-electron chi connectivity index (χ2n) is 14.5. The number of rotatable bonds is 8. The van der Waals surface area contributed by atoms with Crippen molar-refractivity contribution in [1.29, 1.82) is 0 Å². The van der Waals surface area contributed by atoms with E-state index in [9.17, 15) is 14.7 Å². The first-order valence-corrected chi connectivity index (χ1v) is 17.2. The number of nitrogens with one attached hydrogen (secondary N) is 1. The first-order chi connectivity index (χ1) is 24.1. The molecule has 3 aliphatic rings. The number of aliphatic hydroxyl groups excluding tert-OH is 1. The molecule has 2 aliphatic heterocycles. The van der Waals surface area contributed by atoms with Crippen molar-refractivity contribution in [3.05, 3.63) is 86.6 Å². The van der Waals surface area contributed by atoms with E-state index in [0.29, 0.717) is 45.8 Å². The van der Waals surface area contributed by atoms with E-state index in [1.165, 1.54) is 9.25 Å². The minimum atomic E-state index is -0.399. The molecule has 14 nitrogen and oxygen atoms in total. The molecule has 14 heteroatoms. The SMILES string of the molecule is CC[C@H]1CN(C2COC2)CCN1c1ccc(Nc2cc(-c3ccnc(-n4ncn5c6c(cc5c4=O)CC(C)(C)C6)c3CO)cn(C)c2=O)nn1. The van der Waals surface area contributed by atoms with Gasteiger partial charge in [0.25, 0.3) is 11.1 Å². The quantitative estimate of drug-likeness (QED) is 0.250. The molecule has 8 rings (SSSR count). The smallest absolute Gasteiger partial charge is 0.297 e. The van der Waals surface area contributed by atoms with Gasteiger partial charge in [0.05, 0.1) is 25.9 Å². The molecule has 0 spiro atoms. The van der Waals surface area contributed by atoms with Crippen molar-refractivity contribution in [2.24, 2.45) is 12.5 Å². The summed E-state index contributed by atoms with van der Waals surface area (Å²) in [6.45, 7) is 10.6. The van der Waals surface area contributed by atoms with Crippen LogP contribution in [0.3, 0.4) is 0 Å². The molecule has 2 saturated heterocycles. The summed E-state index contributed by atoms with van der Waals surface area (Å²) in [4.78, 5) is 36.4. The molecule has 0 saturated carbocycles. The van der Waals surface area contributed by atoms with Crippen LogP contribution in [-0.2, 0) is 31.2 Å². The third kappa shape index (κ3) is 5.56. The Morgan fingerprint density at radius 1 is 1.06 bits per heavy atom. The molecular formula is C36H42N10O4. The average molecular weight is 679 g/mol. The number of fused-ring (bicyclic) bond motifs is 3. The maximum Gasteiger partial charge on any atom is 0.297 e. The van der Waals surface area contributed by atoms with Gasteiger partial charge in [-0.3, -0.25) is 18.9 Å². The van der Waals surface area contributed by atoms with E-state index in [2.05, 4.69) is 56.2 Å². The lowest BCUT2D eigenvalue weighted by Gasteiger charge is -2.46. The first kappa shape index (κ1) is 32.3. The van der Waals surface area contributed by atoms with Crippen LogP contribution in [0.1, 0.15) is 44.0 Å². The minimum Gasteiger partial charge on any atom is -0.392 e. The Balaban J connectivity index is 1.07. The van der Waals surface area contributed by atoms with Crippen molar-refractivity contribution in [3.8, 4) is 16.9 Å². The number of anilines is 3. The summed E-state index contributed by atoms with van der Waals surface area (Å²) >= 11 is 0. The monoisotopic (exact) mass is 678 g/mol. The molecule has 0 radical (unpaired) electrons. The zero-order valence-electron chi connectivity index (χ0n) is 28.8. The van der Waals surface area contributed by atoms with E-state index in [0.717, 1.165) is 69.2 Å². The zero-order chi connectivity index (χ0) is 34.7. The van der Waals surface area contributed by atoms with Gasteiger partial charge in [-0.1, -0.05) is 20.8 Å². The van der Waals surface area contributed by atoms with Gasteiger partial charge in [0.15, 0.2) is 17.5 Å². The van der Waals surface area contributed by atoms with Crippen LogP contribution in [0.25, 0.3) is 22.5 Å². The van der Waals surface area contributed by atoms with Gasteiger partial charge < -0.3 is 24.6 Å². The van der Waals surface area contributed by atoms with Crippen LogP contribution in [0.2, 0.25) is 0 Å². The lowest BCUT2D eigenvalue weighted by Crippen LogP contribution is -2.60. The Morgan fingerprint density at radius 3 is 2.62 bits per heavy atom.